The first-order valence-corrected chi connectivity index (χ1v) is 7.35. The van der Waals surface area contributed by atoms with E-state index >= 15 is 0 Å². The number of amides is 1. The Balaban J connectivity index is 1.70. The molecule has 102 valence electrons. The second-order valence-electron chi connectivity index (χ2n) is 4.72. The van der Waals surface area contributed by atoms with Gasteiger partial charge in [-0.2, -0.15) is 0 Å². The fraction of sp³-hybridized carbons (Fsp3) is 0.200. The van der Waals surface area contributed by atoms with Gasteiger partial charge in [-0.25, -0.2) is 0 Å². The van der Waals surface area contributed by atoms with Crippen LogP contribution in [0.5, 0.6) is 0 Å². The Morgan fingerprint density at radius 1 is 1.20 bits per heavy atom. The highest BCUT2D eigenvalue weighted by Gasteiger charge is 2.22. The van der Waals surface area contributed by atoms with Crippen molar-refractivity contribution in [3.63, 3.8) is 0 Å². The van der Waals surface area contributed by atoms with Gasteiger partial charge in [-0.3, -0.25) is 9.59 Å². The maximum atomic E-state index is 12.0. The molecule has 5 heteroatoms. The number of H-pyrrole nitrogens is 1. The number of benzene rings is 1. The van der Waals surface area contributed by atoms with Crippen LogP contribution in [0, 0.1) is 0 Å². The first kappa shape index (κ1) is 13.0. The molecule has 0 bridgehead atoms. The number of carbonyl (C=O) groups is 1. The Labute approximate surface area is 120 Å². The van der Waals surface area contributed by atoms with Crippen molar-refractivity contribution in [1.29, 1.82) is 0 Å². The molecule has 2 N–H and O–H groups in total. The minimum absolute atomic E-state index is 0.210. The molecule has 20 heavy (non-hydrogen) atoms. The monoisotopic (exact) mass is 286 g/mol. The summed E-state index contributed by atoms with van der Waals surface area (Å²) in [6.45, 7) is 0. The zero-order chi connectivity index (χ0) is 13.9. The van der Waals surface area contributed by atoms with E-state index in [2.05, 4.69) is 10.3 Å². The number of rotatable bonds is 4. The van der Waals surface area contributed by atoms with E-state index in [1.165, 1.54) is 36.2 Å². The molecule has 4 nitrogen and oxygen atoms in total. The molecule has 0 saturated heterocycles. The van der Waals surface area contributed by atoms with Gasteiger partial charge in [0, 0.05) is 34.2 Å². The molecule has 1 heterocycles. The van der Waals surface area contributed by atoms with Crippen molar-refractivity contribution in [1.82, 2.24) is 4.98 Å². The summed E-state index contributed by atoms with van der Waals surface area (Å²) >= 11 is 1.85. The molecule has 0 radical (unpaired) electrons. The second kappa shape index (κ2) is 5.54. The predicted molar refractivity (Wildman–Crippen MR) is 80.3 cm³/mol. The summed E-state index contributed by atoms with van der Waals surface area (Å²) in [4.78, 5) is 27.5. The summed E-state index contributed by atoms with van der Waals surface area (Å²) in [6.07, 6.45) is 5.58. The van der Waals surface area contributed by atoms with E-state index < -0.39 is 0 Å². The molecule has 0 unspecified atom stereocenters. The molecular formula is C15H14N2O2S. The van der Waals surface area contributed by atoms with Crippen LogP contribution in [0.25, 0.3) is 0 Å². The van der Waals surface area contributed by atoms with E-state index in [0.717, 1.165) is 5.25 Å². The molecule has 1 aromatic heterocycles. The Kier molecular flexibility index (Phi) is 3.60. The maximum Gasteiger partial charge on any atom is 0.255 e. The molecule has 0 spiro atoms. The van der Waals surface area contributed by atoms with Gasteiger partial charge in [0.1, 0.15) is 5.69 Å². The number of pyridine rings is 1. The average Bonchev–Trinajstić information content (AvgIpc) is 3.26. The average molecular weight is 286 g/mol. The van der Waals surface area contributed by atoms with Crippen molar-refractivity contribution in [2.75, 3.05) is 5.32 Å². The lowest BCUT2D eigenvalue weighted by Gasteiger charge is -2.05. The van der Waals surface area contributed by atoms with Crippen LogP contribution in [0.4, 0.5) is 5.69 Å². The smallest absolute Gasteiger partial charge is 0.255 e. The normalized spacial score (nSPS) is 14.0. The molecule has 1 aliphatic rings. The van der Waals surface area contributed by atoms with Gasteiger partial charge in [-0.15, -0.1) is 11.8 Å². The van der Waals surface area contributed by atoms with E-state index in [4.69, 9.17) is 0 Å². The first-order chi connectivity index (χ1) is 9.72. The van der Waals surface area contributed by atoms with Crippen molar-refractivity contribution < 1.29 is 4.79 Å². The van der Waals surface area contributed by atoms with E-state index in [-0.39, 0.29) is 17.0 Å². The van der Waals surface area contributed by atoms with Gasteiger partial charge in [0.25, 0.3) is 5.91 Å². The van der Waals surface area contributed by atoms with Crippen LogP contribution >= 0.6 is 11.8 Å². The number of hydrogen-bond acceptors (Lipinski definition) is 3. The third-order valence-electron chi connectivity index (χ3n) is 3.02. The highest BCUT2D eigenvalue weighted by atomic mass is 32.2. The van der Waals surface area contributed by atoms with E-state index in [0.29, 0.717) is 5.56 Å². The van der Waals surface area contributed by atoms with E-state index in [1.54, 1.807) is 12.1 Å². The lowest BCUT2D eigenvalue weighted by molar-refractivity contribution is 0.102. The number of nitrogens with one attached hydrogen (secondary N) is 2. The zero-order valence-corrected chi connectivity index (χ0v) is 11.6. The summed E-state index contributed by atoms with van der Waals surface area (Å²) in [5.41, 5.74) is 0.598. The van der Waals surface area contributed by atoms with Gasteiger partial charge in [-0.05, 0) is 37.1 Å². The zero-order valence-electron chi connectivity index (χ0n) is 10.8. The molecule has 0 atom stereocenters. The molecule has 1 aliphatic carbocycles. The summed E-state index contributed by atoms with van der Waals surface area (Å²) in [6, 6.07) is 8.86. The first-order valence-electron chi connectivity index (χ1n) is 6.47. The number of anilines is 1. The van der Waals surface area contributed by atoms with Crippen LogP contribution in [0.15, 0.2) is 52.4 Å². The minimum Gasteiger partial charge on any atom is -0.366 e. The summed E-state index contributed by atoms with van der Waals surface area (Å²) < 4.78 is 0. The molecule has 3 rings (SSSR count). The number of aromatic amines is 1. The van der Waals surface area contributed by atoms with Crippen LogP contribution in [0.3, 0.4) is 0 Å². The Hall–Kier alpha value is -2.01. The third kappa shape index (κ3) is 3.11. The SMILES string of the molecule is O=C(Nc1c[nH]ccc1=O)c1ccc(SC2CC2)cc1. The number of thioether (sulfide) groups is 1. The van der Waals surface area contributed by atoms with Crippen molar-refractivity contribution in [2.24, 2.45) is 0 Å². The number of carbonyl (C=O) groups excluding carboxylic acids is 1. The van der Waals surface area contributed by atoms with Gasteiger partial charge in [-0.1, -0.05) is 0 Å². The molecule has 1 saturated carbocycles. The molecule has 1 amide bonds. The fourth-order valence-corrected chi connectivity index (χ4v) is 2.82. The highest BCUT2D eigenvalue weighted by molar-refractivity contribution is 8.00. The maximum absolute atomic E-state index is 12.0. The van der Waals surface area contributed by atoms with Crippen molar-refractivity contribution in [3.05, 3.63) is 58.5 Å². The third-order valence-corrected chi connectivity index (χ3v) is 4.36. The van der Waals surface area contributed by atoms with Gasteiger partial charge in [0.05, 0.1) is 0 Å². The molecular weight excluding hydrogens is 272 g/mol. The van der Waals surface area contributed by atoms with Gasteiger partial charge in [0.2, 0.25) is 5.43 Å². The topological polar surface area (TPSA) is 62.0 Å². The number of hydrogen-bond donors (Lipinski definition) is 2. The lowest BCUT2D eigenvalue weighted by Crippen LogP contribution is -2.17. The van der Waals surface area contributed by atoms with Crippen LogP contribution < -0.4 is 10.7 Å². The molecule has 1 fully saturated rings. The minimum atomic E-state index is -0.273. The summed E-state index contributed by atoms with van der Waals surface area (Å²) in [5, 5.41) is 3.36. The van der Waals surface area contributed by atoms with E-state index in [1.807, 2.05) is 23.9 Å². The van der Waals surface area contributed by atoms with Crippen molar-refractivity contribution in [2.45, 2.75) is 23.0 Å². The van der Waals surface area contributed by atoms with Gasteiger partial charge in [0.15, 0.2) is 0 Å². The molecule has 2 aromatic rings. The van der Waals surface area contributed by atoms with Crippen LogP contribution in [-0.4, -0.2) is 16.1 Å². The molecule has 1 aromatic carbocycles. The number of aromatic nitrogens is 1. The Morgan fingerprint density at radius 3 is 2.60 bits per heavy atom. The largest absolute Gasteiger partial charge is 0.366 e. The second-order valence-corrected chi connectivity index (χ2v) is 6.09. The van der Waals surface area contributed by atoms with Crippen molar-refractivity contribution >= 4 is 23.4 Å². The summed E-state index contributed by atoms with van der Waals surface area (Å²) in [5.74, 6) is -0.273. The fourth-order valence-electron chi connectivity index (χ4n) is 1.77. The van der Waals surface area contributed by atoms with Crippen molar-refractivity contribution in [3.8, 4) is 0 Å². The van der Waals surface area contributed by atoms with Crippen LogP contribution in [-0.2, 0) is 0 Å². The van der Waals surface area contributed by atoms with Gasteiger partial charge < -0.3 is 10.3 Å². The Bertz CT molecular complexity index is 675. The summed E-state index contributed by atoms with van der Waals surface area (Å²) in [7, 11) is 0. The molecule has 0 aliphatic heterocycles. The quantitative estimate of drug-likeness (QED) is 0.908. The Morgan fingerprint density at radius 2 is 1.95 bits per heavy atom. The predicted octanol–water partition coefficient (Wildman–Crippen LogP) is 2.88. The standard InChI is InChI=1S/C15H14N2O2S/c18-14-7-8-16-9-13(14)17-15(19)10-1-3-11(4-2-10)20-12-5-6-12/h1-4,7-9,12H,5-6H2,(H,16,18)(H,17,19). The van der Waals surface area contributed by atoms with Crippen LogP contribution in [0.2, 0.25) is 0 Å². The lowest BCUT2D eigenvalue weighted by atomic mass is 10.2. The van der Waals surface area contributed by atoms with Crippen LogP contribution in [0.1, 0.15) is 23.2 Å². The van der Waals surface area contributed by atoms with Gasteiger partial charge >= 0.3 is 0 Å². The van der Waals surface area contributed by atoms with E-state index in [9.17, 15) is 9.59 Å². The highest BCUT2D eigenvalue weighted by Crippen LogP contribution is 2.38.